The second kappa shape index (κ2) is 5.63. The van der Waals surface area contributed by atoms with E-state index in [1.54, 1.807) is 39.0 Å². The van der Waals surface area contributed by atoms with Gasteiger partial charge in [-0.3, -0.25) is 15.0 Å². The zero-order chi connectivity index (χ0) is 17.5. The van der Waals surface area contributed by atoms with Crippen LogP contribution in [-0.2, 0) is 9.53 Å². The predicted octanol–water partition coefficient (Wildman–Crippen LogP) is 2.27. The SMILES string of the molecule is CC(C)(C)OC(=O)n1ncc2cc(N3CCC(=O)NC3=O)ccc21. The van der Waals surface area contributed by atoms with Crippen molar-refractivity contribution in [3.05, 3.63) is 24.4 Å². The summed E-state index contributed by atoms with van der Waals surface area (Å²) in [6, 6.07) is 4.70. The lowest BCUT2D eigenvalue weighted by Gasteiger charge is -2.26. The number of carbonyl (C=O) groups excluding carboxylic acids is 3. The Morgan fingerprint density at radius 3 is 2.71 bits per heavy atom. The summed E-state index contributed by atoms with van der Waals surface area (Å²) in [5, 5.41) is 7.04. The number of nitrogens with one attached hydrogen (secondary N) is 1. The molecule has 1 fully saturated rings. The number of rotatable bonds is 1. The molecule has 0 atom stereocenters. The van der Waals surface area contributed by atoms with Gasteiger partial charge >= 0.3 is 12.1 Å². The maximum Gasteiger partial charge on any atom is 0.435 e. The molecule has 2 aromatic rings. The number of urea groups is 1. The Kier molecular flexibility index (Phi) is 3.75. The summed E-state index contributed by atoms with van der Waals surface area (Å²) in [5.41, 5.74) is 0.603. The number of ether oxygens (including phenoxy) is 1. The Balaban J connectivity index is 1.90. The van der Waals surface area contributed by atoms with E-state index < -0.39 is 17.7 Å². The monoisotopic (exact) mass is 330 g/mol. The van der Waals surface area contributed by atoms with Crippen LogP contribution in [0.5, 0.6) is 0 Å². The fourth-order valence-corrected chi connectivity index (χ4v) is 2.45. The zero-order valence-corrected chi connectivity index (χ0v) is 13.7. The third kappa shape index (κ3) is 3.08. The largest absolute Gasteiger partial charge is 0.442 e. The first-order chi connectivity index (χ1) is 11.2. The van der Waals surface area contributed by atoms with Crippen LogP contribution in [0.25, 0.3) is 10.9 Å². The smallest absolute Gasteiger partial charge is 0.435 e. The molecule has 126 valence electrons. The Labute approximate surface area is 138 Å². The molecule has 1 aromatic heterocycles. The fraction of sp³-hybridized carbons (Fsp3) is 0.375. The van der Waals surface area contributed by atoms with Crippen molar-refractivity contribution in [3.63, 3.8) is 0 Å². The van der Waals surface area contributed by atoms with Crippen molar-refractivity contribution in [2.45, 2.75) is 32.8 Å². The third-order valence-corrected chi connectivity index (χ3v) is 3.48. The van der Waals surface area contributed by atoms with E-state index in [0.29, 0.717) is 23.1 Å². The average molecular weight is 330 g/mol. The van der Waals surface area contributed by atoms with Crippen LogP contribution in [0.1, 0.15) is 27.2 Å². The zero-order valence-electron chi connectivity index (χ0n) is 13.7. The molecule has 0 radical (unpaired) electrons. The third-order valence-electron chi connectivity index (χ3n) is 3.48. The van der Waals surface area contributed by atoms with Gasteiger partial charge in [0.25, 0.3) is 0 Å². The van der Waals surface area contributed by atoms with Crippen molar-refractivity contribution in [1.29, 1.82) is 0 Å². The van der Waals surface area contributed by atoms with E-state index in [1.807, 2.05) is 0 Å². The lowest BCUT2D eigenvalue weighted by Crippen LogP contribution is -2.49. The minimum absolute atomic E-state index is 0.251. The van der Waals surface area contributed by atoms with Crippen LogP contribution >= 0.6 is 0 Å². The molecule has 8 heteroatoms. The molecular weight excluding hydrogens is 312 g/mol. The van der Waals surface area contributed by atoms with Crippen molar-refractivity contribution in [2.75, 3.05) is 11.4 Å². The molecule has 24 heavy (non-hydrogen) atoms. The molecule has 1 aliphatic heterocycles. The van der Waals surface area contributed by atoms with Gasteiger partial charge in [-0.15, -0.1) is 0 Å². The quantitative estimate of drug-likeness (QED) is 0.865. The summed E-state index contributed by atoms with van der Waals surface area (Å²) in [5.74, 6) is -0.282. The lowest BCUT2D eigenvalue weighted by molar-refractivity contribution is -0.120. The Morgan fingerprint density at radius 1 is 1.29 bits per heavy atom. The van der Waals surface area contributed by atoms with Gasteiger partial charge in [-0.2, -0.15) is 9.78 Å². The van der Waals surface area contributed by atoms with Gasteiger partial charge in [-0.05, 0) is 39.0 Å². The molecule has 1 N–H and O–H groups in total. The van der Waals surface area contributed by atoms with E-state index in [2.05, 4.69) is 10.4 Å². The topological polar surface area (TPSA) is 93.5 Å². The highest BCUT2D eigenvalue weighted by molar-refractivity contribution is 6.06. The second-order valence-electron chi connectivity index (χ2n) is 6.53. The Hall–Kier alpha value is -2.90. The summed E-state index contributed by atoms with van der Waals surface area (Å²) in [4.78, 5) is 36.8. The molecule has 0 bridgehead atoms. The Morgan fingerprint density at radius 2 is 2.04 bits per heavy atom. The number of nitrogens with zero attached hydrogens (tertiary/aromatic N) is 3. The number of amides is 3. The molecule has 0 aliphatic carbocycles. The van der Waals surface area contributed by atoms with Gasteiger partial charge in [0.15, 0.2) is 0 Å². The molecule has 3 rings (SSSR count). The molecule has 8 nitrogen and oxygen atoms in total. The molecular formula is C16H18N4O4. The number of carbonyl (C=O) groups is 3. The van der Waals surface area contributed by atoms with Crippen LogP contribution in [0.3, 0.4) is 0 Å². The number of imide groups is 1. The van der Waals surface area contributed by atoms with E-state index in [9.17, 15) is 14.4 Å². The number of hydrogen-bond acceptors (Lipinski definition) is 5. The lowest BCUT2D eigenvalue weighted by atomic mass is 10.2. The van der Waals surface area contributed by atoms with Crippen LogP contribution in [-0.4, -0.2) is 40.0 Å². The van der Waals surface area contributed by atoms with E-state index >= 15 is 0 Å². The summed E-state index contributed by atoms with van der Waals surface area (Å²) in [7, 11) is 0. The van der Waals surface area contributed by atoms with Gasteiger partial charge in [0.2, 0.25) is 5.91 Å². The number of anilines is 1. The molecule has 0 saturated carbocycles. The van der Waals surface area contributed by atoms with Crippen LogP contribution in [0.15, 0.2) is 24.4 Å². The maximum absolute atomic E-state index is 12.2. The highest BCUT2D eigenvalue weighted by atomic mass is 16.6. The van der Waals surface area contributed by atoms with E-state index in [-0.39, 0.29) is 12.3 Å². The highest BCUT2D eigenvalue weighted by Gasteiger charge is 2.25. The molecule has 0 spiro atoms. The number of benzene rings is 1. The standard InChI is InChI=1S/C16H18N4O4/c1-16(2,3)24-15(23)20-12-5-4-11(8-10(12)9-17-20)19-7-6-13(21)18-14(19)22/h4-5,8-9H,6-7H2,1-3H3,(H,18,21,22). The van der Waals surface area contributed by atoms with Gasteiger partial charge in [0.1, 0.15) is 5.60 Å². The molecule has 1 aliphatic rings. The summed E-state index contributed by atoms with van der Waals surface area (Å²) in [6.45, 7) is 5.66. The van der Waals surface area contributed by atoms with E-state index in [0.717, 1.165) is 0 Å². The van der Waals surface area contributed by atoms with Crippen molar-refractivity contribution < 1.29 is 19.1 Å². The van der Waals surface area contributed by atoms with Crippen LogP contribution in [0.4, 0.5) is 15.3 Å². The van der Waals surface area contributed by atoms with Gasteiger partial charge in [0, 0.05) is 24.0 Å². The molecule has 2 heterocycles. The minimum Gasteiger partial charge on any atom is -0.442 e. The molecule has 1 saturated heterocycles. The first kappa shape index (κ1) is 16.0. The van der Waals surface area contributed by atoms with Gasteiger partial charge in [-0.1, -0.05) is 0 Å². The molecule has 1 aromatic carbocycles. The summed E-state index contributed by atoms with van der Waals surface area (Å²) < 4.78 is 6.50. The predicted molar refractivity (Wildman–Crippen MR) is 86.9 cm³/mol. The van der Waals surface area contributed by atoms with Crippen LogP contribution in [0.2, 0.25) is 0 Å². The Bertz CT molecular complexity index is 834. The highest BCUT2D eigenvalue weighted by Crippen LogP contribution is 2.24. The minimum atomic E-state index is -0.617. The van der Waals surface area contributed by atoms with Gasteiger partial charge < -0.3 is 4.74 Å². The number of fused-ring (bicyclic) bond motifs is 1. The van der Waals surface area contributed by atoms with E-state index in [4.69, 9.17) is 4.74 Å². The first-order valence-electron chi connectivity index (χ1n) is 7.57. The molecule has 0 unspecified atom stereocenters. The van der Waals surface area contributed by atoms with Crippen molar-refractivity contribution >= 4 is 34.6 Å². The fourth-order valence-electron chi connectivity index (χ4n) is 2.45. The van der Waals surface area contributed by atoms with Gasteiger partial charge in [0.05, 0.1) is 11.7 Å². The van der Waals surface area contributed by atoms with Crippen molar-refractivity contribution in [1.82, 2.24) is 15.1 Å². The summed E-state index contributed by atoms with van der Waals surface area (Å²) in [6.07, 6.45) is 1.23. The van der Waals surface area contributed by atoms with E-state index in [1.165, 1.54) is 15.8 Å². The van der Waals surface area contributed by atoms with Gasteiger partial charge in [-0.25, -0.2) is 9.59 Å². The van der Waals surface area contributed by atoms with Crippen LogP contribution in [0, 0.1) is 0 Å². The summed E-state index contributed by atoms with van der Waals surface area (Å²) >= 11 is 0. The normalized spacial score (nSPS) is 15.5. The number of hydrogen-bond donors (Lipinski definition) is 1. The first-order valence-corrected chi connectivity index (χ1v) is 7.57. The van der Waals surface area contributed by atoms with Crippen molar-refractivity contribution in [2.24, 2.45) is 0 Å². The van der Waals surface area contributed by atoms with Crippen molar-refractivity contribution in [3.8, 4) is 0 Å². The number of aromatic nitrogens is 2. The maximum atomic E-state index is 12.2. The molecule has 3 amide bonds. The average Bonchev–Trinajstić information content (AvgIpc) is 2.88. The second-order valence-corrected chi connectivity index (χ2v) is 6.53. The van der Waals surface area contributed by atoms with Crippen LogP contribution < -0.4 is 10.2 Å².